The lowest BCUT2D eigenvalue weighted by Gasteiger charge is -2.27. The van der Waals surface area contributed by atoms with Crippen molar-refractivity contribution in [2.24, 2.45) is 7.05 Å². The Morgan fingerprint density at radius 1 is 1.56 bits per heavy atom. The third-order valence-corrected chi connectivity index (χ3v) is 2.99. The summed E-state index contributed by atoms with van der Waals surface area (Å²) in [6.07, 6.45) is 5.03. The molecule has 0 saturated heterocycles. The smallest absolute Gasteiger partial charge is 0.272 e. The molecule has 0 spiro atoms. The number of aliphatic hydroxyl groups excluding tert-OH is 1. The van der Waals surface area contributed by atoms with Crippen LogP contribution in [0.1, 0.15) is 36.2 Å². The third kappa shape index (κ3) is 2.41. The molecule has 2 unspecified atom stereocenters. The number of amides is 1. The van der Waals surface area contributed by atoms with Crippen molar-refractivity contribution < 1.29 is 9.90 Å². The maximum Gasteiger partial charge on any atom is 0.272 e. The first-order valence-corrected chi connectivity index (χ1v) is 5.65. The Morgan fingerprint density at radius 2 is 2.31 bits per heavy atom. The van der Waals surface area contributed by atoms with Crippen LogP contribution in [0.25, 0.3) is 0 Å². The van der Waals surface area contributed by atoms with Gasteiger partial charge in [-0.15, -0.1) is 0 Å². The third-order valence-electron chi connectivity index (χ3n) is 2.99. The van der Waals surface area contributed by atoms with Gasteiger partial charge in [-0.1, -0.05) is 12.8 Å². The van der Waals surface area contributed by atoms with E-state index in [0.29, 0.717) is 5.69 Å². The predicted molar refractivity (Wildman–Crippen MR) is 58.9 cm³/mol. The lowest BCUT2D eigenvalue weighted by molar-refractivity contribution is 0.0713. The fourth-order valence-corrected chi connectivity index (χ4v) is 2.06. The molecule has 2 N–H and O–H groups in total. The Morgan fingerprint density at radius 3 is 2.94 bits per heavy atom. The summed E-state index contributed by atoms with van der Waals surface area (Å²) >= 11 is 0. The maximum absolute atomic E-state index is 11.8. The van der Waals surface area contributed by atoms with Gasteiger partial charge in [-0.2, -0.15) is 5.10 Å². The molecule has 1 heterocycles. The van der Waals surface area contributed by atoms with Crippen LogP contribution in [0, 0.1) is 0 Å². The van der Waals surface area contributed by atoms with E-state index in [-0.39, 0.29) is 11.9 Å². The molecule has 2 rings (SSSR count). The molecule has 0 radical (unpaired) electrons. The Kier molecular flexibility index (Phi) is 3.24. The molecule has 88 valence electrons. The van der Waals surface area contributed by atoms with E-state index in [4.69, 9.17) is 0 Å². The van der Waals surface area contributed by atoms with Crippen LogP contribution >= 0.6 is 0 Å². The summed E-state index contributed by atoms with van der Waals surface area (Å²) in [6, 6.07) is 1.55. The molecule has 5 heteroatoms. The standard InChI is InChI=1S/C11H17N3O2/c1-14-7-6-9(13-14)11(16)12-8-4-2-3-5-10(8)15/h6-8,10,15H,2-5H2,1H3,(H,12,16). The quantitative estimate of drug-likeness (QED) is 0.765. The highest BCUT2D eigenvalue weighted by Gasteiger charge is 2.25. The molecule has 0 aromatic carbocycles. The van der Waals surface area contributed by atoms with Crippen molar-refractivity contribution in [2.75, 3.05) is 0 Å². The normalized spacial score (nSPS) is 25.4. The van der Waals surface area contributed by atoms with E-state index in [9.17, 15) is 9.90 Å². The van der Waals surface area contributed by atoms with Crippen LogP contribution in [0.15, 0.2) is 12.3 Å². The second-order valence-corrected chi connectivity index (χ2v) is 4.31. The highest BCUT2D eigenvalue weighted by atomic mass is 16.3. The first kappa shape index (κ1) is 11.1. The van der Waals surface area contributed by atoms with Crippen LogP contribution in [0.4, 0.5) is 0 Å². The molecule has 0 bridgehead atoms. The van der Waals surface area contributed by atoms with Gasteiger partial charge in [0.05, 0.1) is 12.1 Å². The topological polar surface area (TPSA) is 67.2 Å². The van der Waals surface area contributed by atoms with E-state index in [1.54, 1.807) is 24.0 Å². The number of aryl methyl sites for hydroxylation is 1. The molecule has 5 nitrogen and oxygen atoms in total. The van der Waals surface area contributed by atoms with Gasteiger partial charge in [0.25, 0.3) is 5.91 Å². The molecule has 1 aliphatic rings. The van der Waals surface area contributed by atoms with E-state index in [1.807, 2.05) is 0 Å². The highest BCUT2D eigenvalue weighted by Crippen LogP contribution is 2.18. The number of carbonyl (C=O) groups excluding carboxylic acids is 1. The molecule has 1 fully saturated rings. The molecule has 1 aliphatic carbocycles. The molecule has 1 amide bonds. The monoisotopic (exact) mass is 223 g/mol. The number of nitrogens with one attached hydrogen (secondary N) is 1. The van der Waals surface area contributed by atoms with Gasteiger partial charge in [-0.3, -0.25) is 9.48 Å². The van der Waals surface area contributed by atoms with Crippen LogP contribution in [0.5, 0.6) is 0 Å². The van der Waals surface area contributed by atoms with Crippen molar-refractivity contribution >= 4 is 5.91 Å². The number of nitrogens with zero attached hydrogens (tertiary/aromatic N) is 2. The first-order chi connectivity index (χ1) is 7.66. The summed E-state index contributed by atoms with van der Waals surface area (Å²) in [7, 11) is 1.77. The van der Waals surface area contributed by atoms with Crippen LogP contribution in [0.3, 0.4) is 0 Å². The van der Waals surface area contributed by atoms with Crippen molar-refractivity contribution in [1.29, 1.82) is 0 Å². The number of carbonyl (C=O) groups is 1. The van der Waals surface area contributed by atoms with Crippen LogP contribution in [-0.2, 0) is 7.05 Å². The van der Waals surface area contributed by atoms with Gasteiger partial charge in [0.2, 0.25) is 0 Å². The number of hydrogen-bond acceptors (Lipinski definition) is 3. The van der Waals surface area contributed by atoms with Crippen LogP contribution < -0.4 is 5.32 Å². The summed E-state index contributed by atoms with van der Waals surface area (Å²) in [5.74, 6) is -0.202. The van der Waals surface area contributed by atoms with Gasteiger partial charge in [0.15, 0.2) is 0 Å². The predicted octanol–water partition coefficient (Wildman–Crippen LogP) is 0.453. The van der Waals surface area contributed by atoms with Crippen LogP contribution in [0.2, 0.25) is 0 Å². The molecule has 0 aliphatic heterocycles. The van der Waals surface area contributed by atoms with Gasteiger partial charge in [-0.05, 0) is 18.9 Å². The highest BCUT2D eigenvalue weighted by molar-refractivity contribution is 5.92. The number of hydrogen-bond donors (Lipinski definition) is 2. The minimum Gasteiger partial charge on any atom is -0.391 e. The molecule has 1 aromatic heterocycles. The lowest BCUT2D eigenvalue weighted by atomic mass is 9.92. The number of aromatic nitrogens is 2. The SMILES string of the molecule is Cn1ccc(C(=O)NC2CCCCC2O)n1. The minimum atomic E-state index is -0.415. The van der Waals surface area contributed by atoms with E-state index in [1.165, 1.54) is 0 Å². The fourth-order valence-electron chi connectivity index (χ4n) is 2.06. The lowest BCUT2D eigenvalue weighted by Crippen LogP contribution is -2.45. The zero-order valence-electron chi connectivity index (χ0n) is 9.39. The Bertz CT molecular complexity index is 375. The van der Waals surface area contributed by atoms with Gasteiger partial charge in [0, 0.05) is 13.2 Å². The van der Waals surface area contributed by atoms with Crippen molar-refractivity contribution in [3.05, 3.63) is 18.0 Å². The van der Waals surface area contributed by atoms with Gasteiger partial charge in [-0.25, -0.2) is 0 Å². The molecule has 1 aromatic rings. The van der Waals surface area contributed by atoms with Crippen molar-refractivity contribution in [3.63, 3.8) is 0 Å². The Balaban J connectivity index is 1.96. The van der Waals surface area contributed by atoms with E-state index in [2.05, 4.69) is 10.4 Å². The summed E-state index contributed by atoms with van der Waals surface area (Å²) in [4.78, 5) is 11.8. The summed E-state index contributed by atoms with van der Waals surface area (Å²) in [5, 5.41) is 16.6. The second kappa shape index (κ2) is 4.65. The van der Waals surface area contributed by atoms with E-state index >= 15 is 0 Å². The Labute approximate surface area is 94.5 Å². The average Bonchev–Trinajstić information content (AvgIpc) is 2.68. The summed E-state index contributed by atoms with van der Waals surface area (Å²) in [5.41, 5.74) is 0.403. The minimum absolute atomic E-state index is 0.122. The fraction of sp³-hybridized carbons (Fsp3) is 0.636. The second-order valence-electron chi connectivity index (χ2n) is 4.31. The first-order valence-electron chi connectivity index (χ1n) is 5.65. The zero-order valence-corrected chi connectivity index (χ0v) is 9.39. The molecular weight excluding hydrogens is 206 g/mol. The van der Waals surface area contributed by atoms with Crippen molar-refractivity contribution in [2.45, 2.75) is 37.8 Å². The Hall–Kier alpha value is -1.36. The summed E-state index contributed by atoms with van der Waals surface area (Å²) in [6.45, 7) is 0. The maximum atomic E-state index is 11.8. The molecule has 16 heavy (non-hydrogen) atoms. The number of rotatable bonds is 2. The van der Waals surface area contributed by atoms with Crippen molar-refractivity contribution in [1.82, 2.24) is 15.1 Å². The summed E-state index contributed by atoms with van der Waals surface area (Å²) < 4.78 is 1.59. The van der Waals surface area contributed by atoms with Gasteiger partial charge < -0.3 is 10.4 Å². The average molecular weight is 223 g/mol. The van der Waals surface area contributed by atoms with Crippen molar-refractivity contribution in [3.8, 4) is 0 Å². The molecular formula is C11H17N3O2. The van der Waals surface area contributed by atoms with E-state index < -0.39 is 6.10 Å². The number of aliphatic hydroxyl groups is 1. The van der Waals surface area contributed by atoms with E-state index in [0.717, 1.165) is 25.7 Å². The van der Waals surface area contributed by atoms with Crippen LogP contribution in [-0.4, -0.2) is 32.9 Å². The molecule has 1 saturated carbocycles. The zero-order chi connectivity index (χ0) is 11.5. The van der Waals surface area contributed by atoms with Gasteiger partial charge in [0.1, 0.15) is 5.69 Å². The van der Waals surface area contributed by atoms with Gasteiger partial charge >= 0.3 is 0 Å². The molecule has 2 atom stereocenters. The largest absolute Gasteiger partial charge is 0.391 e.